The fourth-order valence-corrected chi connectivity index (χ4v) is 5.40. The highest BCUT2D eigenvalue weighted by molar-refractivity contribution is 5.62. The van der Waals surface area contributed by atoms with Crippen molar-refractivity contribution in [3.05, 3.63) is 59.7 Å². The maximum absolute atomic E-state index is 5.56. The van der Waals surface area contributed by atoms with Crippen molar-refractivity contribution in [1.82, 2.24) is 4.90 Å². The van der Waals surface area contributed by atoms with Gasteiger partial charge in [0.05, 0.1) is 7.11 Å². The molecule has 3 aliphatic rings. The van der Waals surface area contributed by atoms with Crippen LogP contribution >= 0.6 is 0 Å². The Kier molecular flexibility index (Phi) is 3.70. The summed E-state index contributed by atoms with van der Waals surface area (Å²) in [5.74, 6) is 1.74. The summed E-state index contributed by atoms with van der Waals surface area (Å²) in [6.45, 7) is 3.46. The predicted molar refractivity (Wildman–Crippen MR) is 101 cm³/mol. The van der Waals surface area contributed by atoms with E-state index in [1.165, 1.54) is 49.2 Å². The van der Waals surface area contributed by atoms with Gasteiger partial charge in [0, 0.05) is 36.8 Å². The molecule has 0 amide bonds. The lowest BCUT2D eigenvalue weighted by atomic mass is 9.81. The highest BCUT2D eigenvalue weighted by Gasteiger charge is 2.48. The molecule has 3 aliphatic heterocycles. The highest BCUT2D eigenvalue weighted by Crippen LogP contribution is 2.52. The number of fused-ring (bicyclic) bond motifs is 6. The fraction of sp³-hybridized carbons (Fsp3) is 0.455. The summed E-state index contributed by atoms with van der Waals surface area (Å²) in [6.07, 6.45) is 4.00. The minimum atomic E-state index is 0.532. The molecule has 3 atom stereocenters. The van der Waals surface area contributed by atoms with Crippen LogP contribution in [-0.2, 0) is 6.54 Å². The molecule has 130 valence electrons. The highest BCUT2D eigenvalue weighted by atomic mass is 16.5. The number of ether oxygens (including phenoxy) is 1. The number of anilines is 1. The topological polar surface area (TPSA) is 15.7 Å². The van der Waals surface area contributed by atoms with Crippen molar-refractivity contribution in [2.45, 2.75) is 37.9 Å². The molecule has 0 aromatic heterocycles. The standard InChI is InChI=1S/C22H26N2O/c1-25-17-9-10-21-19(14-17)22-18(20-8-5-12-24(20)21)11-13-23(22)15-16-6-3-2-4-7-16/h2-4,6-7,9-10,14,18,20,22H,5,8,11-13,15H2,1H3/t18-,20-,22-/m0/s1. The van der Waals surface area contributed by atoms with Crippen molar-refractivity contribution in [3.8, 4) is 5.75 Å². The third-order valence-electron chi connectivity index (χ3n) is 6.43. The molecule has 2 fully saturated rings. The molecule has 3 heterocycles. The predicted octanol–water partition coefficient (Wildman–Crippen LogP) is 4.24. The molecule has 0 spiro atoms. The number of methoxy groups -OCH3 is 1. The lowest BCUT2D eigenvalue weighted by Gasteiger charge is -2.43. The normalized spacial score (nSPS) is 27.7. The van der Waals surface area contributed by atoms with Gasteiger partial charge in [0.1, 0.15) is 5.75 Å². The summed E-state index contributed by atoms with van der Waals surface area (Å²) in [7, 11) is 1.77. The second-order valence-corrected chi connectivity index (χ2v) is 7.68. The average molecular weight is 334 g/mol. The van der Waals surface area contributed by atoms with Crippen molar-refractivity contribution >= 4 is 5.69 Å². The molecule has 3 heteroatoms. The Morgan fingerprint density at radius 2 is 1.92 bits per heavy atom. The van der Waals surface area contributed by atoms with Gasteiger partial charge >= 0.3 is 0 Å². The van der Waals surface area contributed by atoms with E-state index in [-0.39, 0.29) is 0 Å². The molecule has 25 heavy (non-hydrogen) atoms. The molecule has 0 unspecified atom stereocenters. The number of likely N-dealkylation sites (tertiary alicyclic amines) is 1. The van der Waals surface area contributed by atoms with E-state index in [0.29, 0.717) is 6.04 Å². The van der Waals surface area contributed by atoms with E-state index in [1.54, 1.807) is 7.11 Å². The van der Waals surface area contributed by atoms with Crippen molar-refractivity contribution < 1.29 is 4.74 Å². The first-order valence-electron chi connectivity index (χ1n) is 9.58. The minimum Gasteiger partial charge on any atom is -0.497 e. The minimum absolute atomic E-state index is 0.532. The van der Waals surface area contributed by atoms with Crippen molar-refractivity contribution in [3.63, 3.8) is 0 Å². The molecule has 0 radical (unpaired) electrons. The molecule has 0 saturated carbocycles. The zero-order chi connectivity index (χ0) is 16.8. The van der Waals surface area contributed by atoms with E-state index in [2.05, 4.69) is 58.3 Å². The van der Waals surface area contributed by atoms with Crippen LogP contribution in [0.2, 0.25) is 0 Å². The summed E-state index contributed by atoms with van der Waals surface area (Å²) < 4.78 is 5.56. The SMILES string of the molecule is COc1ccc2c(c1)[C@@H]1[C@@H](CCN1Cc1ccccc1)[C@@H]1CCCN21. The fourth-order valence-electron chi connectivity index (χ4n) is 5.40. The molecule has 2 saturated heterocycles. The maximum Gasteiger partial charge on any atom is 0.119 e. The molecule has 2 aromatic rings. The van der Waals surface area contributed by atoms with Crippen LogP contribution < -0.4 is 9.64 Å². The molecule has 2 aromatic carbocycles. The van der Waals surface area contributed by atoms with E-state index in [9.17, 15) is 0 Å². The van der Waals surface area contributed by atoms with Gasteiger partial charge in [-0.25, -0.2) is 0 Å². The van der Waals surface area contributed by atoms with Gasteiger partial charge in [-0.05, 0) is 55.1 Å². The summed E-state index contributed by atoms with van der Waals surface area (Å²) in [4.78, 5) is 5.38. The summed E-state index contributed by atoms with van der Waals surface area (Å²) >= 11 is 0. The average Bonchev–Trinajstić information content (AvgIpc) is 3.29. The number of benzene rings is 2. The van der Waals surface area contributed by atoms with Crippen LogP contribution in [-0.4, -0.2) is 31.1 Å². The van der Waals surface area contributed by atoms with Gasteiger partial charge < -0.3 is 9.64 Å². The first-order chi connectivity index (χ1) is 12.3. The van der Waals surface area contributed by atoms with E-state index in [0.717, 1.165) is 24.3 Å². The van der Waals surface area contributed by atoms with E-state index >= 15 is 0 Å². The lowest BCUT2D eigenvalue weighted by molar-refractivity contribution is 0.199. The van der Waals surface area contributed by atoms with Crippen LogP contribution in [0.1, 0.15) is 36.4 Å². The zero-order valence-corrected chi connectivity index (χ0v) is 14.9. The van der Waals surface area contributed by atoms with Crippen molar-refractivity contribution in [2.24, 2.45) is 5.92 Å². The van der Waals surface area contributed by atoms with E-state index in [1.807, 2.05) is 0 Å². The summed E-state index contributed by atoms with van der Waals surface area (Å²) in [5, 5.41) is 0. The summed E-state index contributed by atoms with van der Waals surface area (Å²) in [6, 6.07) is 18.9. The third-order valence-corrected chi connectivity index (χ3v) is 6.43. The Morgan fingerprint density at radius 1 is 1.04 bits per heavy atom. The van der Waals surface area contributed by atoms with Gasteiger partial charge in [-0.2, -0.15) is 0 Å². The summed E-state index contributed by atoms with van der Waals surface area (Å²) in [5.41, 5.74) is 4.35. The quantitative estimate of drug-likeness (QED) is 0.835. The van der Waals surface area contributed by atoms with Gasteiger partial charge in [0.25, 0.3) is 0 Å². The smallest absolute Gasteiger partial charge is 0.119 e. The van der Waals surface area contributed by atoms with Crippen LogP contribution in [0.25, 0.3) is 0 Å². The molecule has 0 N–H and O–H groups in total. The van der Waals surface area contributed by atoms with Crippen LogP contribution in [0.4, 0.5) is 5.69 Å². The maximum atomic E-state index is 5.56. The Bertz CT molecular complexity index is 760. The Labute approximate surface area is 150 Å². The van der Waals surface area contributed by atoms with Crippen LogP contribution in [0.5, 0.6) is 5.75 Å². The second-order valence-electron chi connectivity index (χ2n) is 7.68. The van der Waals surface area contributed by atoms with Crippen LogP contribution in [0.15, 0.2) is 48.5 Å². The zero-order valence-electron chi connectivity index (χ0n) is 14.9. The van der Waals surface area contributed by atoms with Crippen LogP contribution in [0.3, 0.4) is 0 Å². The third kappa shape index (κ3) is 2.44. The monoisotopic (exact) mass is 334 g/mol. The molecule has 3 nitrogen and oxygen atoms in total. The Balaban J connectivity index is 1.55. The number of rotatable bonds is 3. The van der Waals surface area contributed by atoms with Gasteiger partial charge in [-0.3, -0.25) is 4.90 Å². The van der Waals surface area contributed by atoms with Gasteiger partial charge in [0.2, 0.25) is 0 Å². The van der Waals surface area contributed by atoms with Crippen molar-refractivity contribution in [1.29, 1.82) is 0 Å². The van der Waals surface area contributed by atoms with Crippen LogP contribution in [0, 0.1) is 5.92 Å². The molecule has 0 aliphatic carbocycles. The van der Waals surface area contributed by atoms with Gasteiger partial charge in [0.15, 0.2) is 0 Å². The van der Waals surface area contributed by atoms with E-state index < -0.39 is 0 Å². The molecular weight excluding hydrogens is 308 g/mol. The molecule has 0 bridgehead atoms. The molecular formula is C22H26N2O. The Hall–Kier alpha value is -2.00. The first-order valence-corrected chi connectivity index (χ1v) is 9.58. The van der Waals surface area contributed by atoms with Gasteiger partial charge in [-0.15, -0.1) is 0 Å². The largest absolute Gasteiger partial charge is 0.497 e. The molecule has 5 rings (SSSR count). The second kappa shape index (κ2) is 6.06. The first kappa shape index (κ1) is 15.3. The lowest BCUT2D eigenvalue weighted by Crippen LogP contribution is -2.43. The van der Waals surface area contributed by atoms with Crippen molar-refractivity contribution in [2.75, 3.05) is 25.1 Å². The Morgan fingerprint density at radius 3 is 2.76 bits per heavy atom. The number of nitrogens with zero attached hydrogens (tertiary/aromatic N) is 2. The van der Waals surface area contributed by atoms with Gasteiger partial charge in [-0.1, -0.05) is 30.3 Å². The number of hydrogen-bond acceptors (Lipinski definition) is 3. The number of hydrogen-bond donors (Lipinski definition) is 0. The van der Waals surface area contributed by atoms with E-state index in [4.69, 9.17) is 4.74 Å².